The standard InChI is InChI=1S/C18H21NO4/c1-3-18-14-12-8-11(15(20)16(12)23-18)13(14)17(21)19(18)9-4-6-10(22-2)7-5-9/h4-7,11-16,20H,3,8H2,1-2H3/t11-,12-,13-,14-,15+,16-,18-/m0/s1. The van der Waals surface area contributed by atoms with Gasteiger partial charge < -0.3 is 14.6 Å². The first-order valence-corrected chi connectivity index (χ1v) is 8.46. The van der Waals surface area contributed by atoms with E-state index >= 15 is 0 Å². The molecule has 5 heteroatoms. The quantitative estimate of drug-likeness (QED) is 0.924. The monoisotopic (exact) mass is 315 g/mol. The van der Waals surface area contributed by atoms with Crippen LogP contribution >= 0.6 is 0 Å². The van der Waals surface area contributed by atoms with Gasteiger partial charge in [0.1, 0.15) is 5.75 Å². The fraction of sp³-hybridized carbons (Fsp3) is 0.611. The van der Waals surface area contributed by atoms with Crippen LogP contribution in [0.15, 0.2) is 24.3 Å². The SMILES string of the molecule is CC[C@]12O[C@@H]3[C@H](O)[C@H]4C[C@H]3[C@H]1[C@H]4C(=O)N2c1ccc(OC)cc1. The third-order valence-electron chi connectivity index (χ3n) is 6.63. The maximum absolute atomic E-state index is 13.2. The summed E-state index contributed by atoms with van der Waals surface area (Å²) in [7, 11) is 1.63. The van der Waals surface area contributed by atoms with Crippen molar-refractivity contribution < 1.29 is 19.4 Å². The number of rotatable bonds is 3. The molecule has 122 valence electrons. The van der Waals surface area contributed by atoms with E-state index in [0.29, 0.717) is 5.92 Å². The van der Waals surface area contributed by atoms with Crippen LogP contribution in [0.4, 0.5) is 5.69 Å². The first-order chi connectivity index (χ1) is 11.1. The number of anilines is 1. The number of ether oxygens (including phenoxy) is 2. The number of carbonyl (C=O) groups excluding carboxylic acids is 1. The van der Waals surface area contributed by atoms with E-state index < -0.39 is 11.8 Å². The molecule has 23 heavy (non-hydrogen) atoms. The Kier molecular flexibility index (Phi) is 2.57. The lowest BCUT2D eigenvalue weighted by molar-refractivity contribution is -0.133. The summed E-state index contributed by atoms with van der Waals surface area (Å²) in [6.07, 6.45) is 1.11. The number of methoxy groups -OCH3 is 1. The van der Waals surface area contributed by atoms with E-state index in [-0.39, 0.29) is 29.8 Å². The van der Waals surface area contributed by atoms with Crippen LogP contribution < -0.4 is 9.64 Å². The van der Waals surface area contributed by atoms with Crippen LogP contribution in [0, 0.1) is 23.7 Å². The van der Waals surface area contributed by atoms with Crippen molar-refractivity contribution in [2.45, 2.75) is 37.7 Å². The highest BCUT2D eigenvalue weighted by molar-refractivity contribution is 6.00. The Labute approximate surface area is 135 Å². The smallest absolute Gasteiger partial charge is 0.233 e. The topological polar surface area (TPSA) is 59.0 Å². The zero-order valence-electron chi connectivity index (χ0n) is 13.3. The number of aliphatic hydroxyl groups is 1. The van der Waals surface area contributed by atoms with Gasteiger partial charge in [-0.2, -0.15) is 0 Å². The Hall–Kier alpha value is -1.59. The molecule has 1 aromatic carbocycles. The lowest BCUT2D eigenvalue weighted by Gasteiger charge is -2.38. The summed E-state index contributed by atoms with van der Waals surface area (Å²) in [5, 5.41) is 10.5. The van der Waals surface area contributed by atoms with E-state index in [1.54, 1.807) is 7.11 Å². The first-order valence-electron chi connectivity index (χ1n) is 8.46. The molecule has 0 spiro atoms. The average Bonchev–Trinajstić information content (AvgIpc) is 3.23. The van der Waals surface area contributed by atoms with E-state index in [1.807, 2.05) is 29.2 Å². The molecule has 2 saturated heterocycles. The molecule has 2 aliphatic carbocycles. The molecule has 4 aliphatic rings. The lowest BCUT2D eigenvalue weighted by Crippen LogP contribution is -2.50. The van der Waals surface area contributed by atoms with E-state index in [1.165, 1.54) is 0 Å². The Balaban J connectivity index is 1.62. The molecule has 0 unspecified atom stereocenters. The Bertz CT molecular complexity index is 674. The molecular weight excluding hydrogens is 294 g/mol. The van der Waals surface area contributed by atoms with Crippen LogP contribution in [0.3, 0.4) is 0 Å². The fourth-order valence-corrected chi connectivity index (χ4v) is 5.84. The van der Waals surface area contributed by atoms with Crippen LogP contribution in [0.25, 0.3) is 0 Å². The van der Waals surface area contributed by atoms with Crippen LogP contribution in [-0.2, 0) is 9.53 Å². The van der Waals surface area contributed by atoms with Gasteiger partial charge in [0.05, 0.1) is 25.2 Å². The van der Waals surface area contributed by atoms with Gasteiger partial charge in [-0.05, 0) is 48.9 Å². The van der Waals surface area contributed by atoms with Crippen molar-refractivity contribution in [1.82, 2.24) is 0 Å². The van der Waals surface area contributed by atoms with Crippen molar-refractivity contribution in [1.29, 1.82) is 0 Å². The number of hydrogen-bond donors (Lipinski definition) is 1. The first kappa shape index (κ1) is 13.8. The van der Waals surface area contributed by atoms with Crippen molar-refractivity contribution in [3.8, 4) is 5.75 Å². The highest BCUT2D eigenvalue weighted by atomic mass is 16.6. The summed E-state index contributed by atoms with van der Waals surface area (Å²) < 4.78 is 11.6. The highest BCUT2D eigenvalue weighted by Gasteiger charge is 2.77. The average molecular weight is 315 g/mol. The molecule has 0 radical (unpaired) electrons. The van der Waals surface area contributed by atoms with Gasteiger partial charge in [-0.15, -0.1) is 0 Å². The minimum atomic E-state index is -0.585. The second-order valence-corrected chi connectivity index (χ2v) is 7.26. The van der Waals surface area contributed by atoms with Crippen LogP contribution in [0.5, 0.6) is 5.75 Å². The predicted molar refractivity (Wildman–Crippen MR) is 83.0 cm³/mol. The van der Waals surface area contributed by atoms with Gasteiger partial charge in [-0.1, -0.05) is 6.92 Å². The largest absolute Gasteiger partial charge is 0.497 e. The van der Waals surface area contributed by atoms with Crippen molar-refractivity contribution >= 4 is 11.6 Å². The highest BCUT2D eigenvalue weighted by Crippen LogP contribution is 2.68. The van der Waals surface area contributed by atoms with Crippen LogP contribution in [0.2, 0.25) is 0 Å². The van der Waals surface area contributed by atoms with Crippen LogP contribution in [0.1, 0.15) is 19.8 Å². The number of carbonyl (C=O) groups is 1. The van der Waals surface area contributed by atoms with Gasteiger partial charge >= 0.3 is 0 Å². The van der Waals surface area contributed by atoms with E-state index in [2.05, 4.69) is 6.92 Å². The van der Waals surface area contributed by atoms with E-state index in [0.717, 1.165) is 24.3 Å². The molecule has 2 heterocycles. The van der Waals surface area contributed by atoms with Gasteiger partial charge in [0, 0.05) is 11.6 Å². The van der Waals surface area contributed by atoms with Crippen molar-refractivity contribution in [2.24, 2.45) is 23.7 Å². The summed E-state index contributed by atoms with van der Waals surface area (Å²) in [6.45, 7) is 2.08. The maximum atomic E-state index is 13.2. The summed E-state index contributed by atoms with van der Waals surface area (Å²) in [4.78, 5) is 15.0. The summed E-state index contributed by atoms with van der Waals surface area (Å²) >= 11 is 0. The third kappa shape index (κ3) is 1.40. The molecule has 1 amide bonds. The third-order valence-corrected chi connectivity index (χ3v) is 6.63. The molecular formula is C18H21NO4. The van der Waals surface area contributed by atoms with Gasteiger partial charge in [-0.25, -0.2) is 0 Å². The molecule has 5 nitrogen and oxygen atoms in total. The van der Waals surface area contributed by atoms with E-state index in [9.17, 15) is 9.90 Å². The molecule has 2 saturated carbocycles. The van der Waals surface area contributed by atoms with Gasteiger partial charge in [0.15, 0.2) is 5.72 Å². The molecule has 7 atom stereocenters. The predicted octanol–water partition coefficient (Wildman–Crippen LogP) is 1.79. The summed E-state index contributed by atoms with van der Waals surface area (Å²) in [5.74, 6) is 1.42. The van der Waals surface area contributed by atoms with E-state index in [4.69, 9.17) is 9.47 Å². The molecule has 1 N–H and O–H groups in total. The number of hydrogen-bond acceptors (Lipinski definition) is 4. The van der Waals surface area contributed by atoms with Crippen molar-refractivity contribution in [3.05, 3.63) is 24.3 Å². The maximum Gasteiger partial charge on any atom is 0.233 e. The normalized spacial score (nSPS) is 46.0. The zero-order valence-corrected chi connectivity index (χ0v) is 13.3. The molecule has 1 aromatic rings. The fourth-order valence-electron chi connectivity index (χ4n) is 5.84. The molecule has 2 bridgehead atoms. The second kappa shape index (κ2) is 4.28. The van der Waals surface area contributed by atoms with Gasteiger partial charge in [0.2, 0.25) is 5.91 Å². The number of amides is 1. The Morgan fingerprint density at radius 2 is 2.09 bits per heavy atom. The van der Waals surface area contributed by atoms with Gasteiger partial charge in [-0.3, -0.25) is 9.69 Å². The molecule has 4 fully saturated rings. The van der Waals surface area contributed by atoms with Crippen LogP contribution in [-0.4, -0.2) is 36.1 Å². The zero-order chi connectivity index (χ0) is 15.9. The number of fused-ring (bicyclic) bond motifs is 2. The Morgan fingerprint density at radius 1 is 1.35 bits per heavy atom. The lowest BCUT2D eigenvalue weighted by atomic mass is 9.76. The minimum Gasteiger partial charge on any atom is -0.497 e. The van der Waals surface area contributed by atoms with Gasteiger partial charge in [0.25, 0.3) is 0 Å². The molecule has 2 aliphatic heterocycles. The summed E-state index contributed by atoms with van der Waals surface area (Å²) in [5.41, 5.74) is 0.277. The van der Waals surface area contributed by atoms with Crippen molar-refractivity contribution in [2.75, 3.05) is 12.0 Å². The number of benzene rings is 1. The minimum absolute atomic E-state index is 0.0687. The van der Waals surface area contributed by atoms with Crippen molar-refractivity contribution in [3.63, 3.8) is 0 Å². The molecule has 5 rings (SSSR count). The number of nitrogens with zero attached hydrogens (tertiary/aromatic N) is 1. The number of aliphatic hydroxyl groups excluding tert-OH is 1. The second-order valence-electron chi connectivity index (χ2n) is 7.26. The summed E-state index contributed by atoms with van der Waals surface area (Å²) in [6, 6.07) is 7.60. The molecule has 0 aromatic heterocycles. The Morgan fingerprint density at radius 3 is 2.74 bits per heavy atom.